The Morgan fingerprint density at radius 2 is 0.881 bits per heavy atom. The number of pyridine rings is 1. The highest BCUT2D eigenvalue weighted by molar-refractivity contribution is 7.20. The van der Waals surface area contributed by atoms with Crippen molar-refractivity contribution in [2.24, 2.45) is 0 Å². The fraction of sp³-hybridized carbons (Fsp3) is 0.170. The molecule has 0 aliphatic heterocycles. The van der Waals surface area contributed by atoms with E-state index < -0.39 is 8.07 Å². The monoisotopic (exact) mass is 783 g/mol. The SMILES string of the molecule is Cc1cc(-n2c3ccccc3c3ccc([Si](c4ccc(C(C)(C)C)cc4)(c4ccc(C(C)(C)C)cc4)c4ccc5c6ccccc6n(-c6ccccn6)c5c4)cc32)n[nH]1. The number of aromatic nitrogens is 5. The van der Waals surface area contributed by atoms with Crippen LogP contribution < -0.4 is 20.7 Å². The van der Waals surface area contributed by atoms with Crippen LogP contribution in [0.2, 0.25) is 0 Å². The van der Waals surface area contributed by atoms with Crippen molar-refractivity contribution in [2.45, 2.75) is 59.3 Å². The molecule has 0 aliphatic carbocycles. The lowest BCUT2D eigenvalue weighted by atomic mass is 9.87. The Balaban J connectivity index is 1.36. The number of fused-ring (bicyclic) bond motifs is 6. The summed E-state index contributed by atoms with van der Waals surface area (Å²) in [4.78, 5) is 4.91. The van der Waals surface area contributed by atoms with Gasteiger partial charge in [-0.2, -0.15) is 5.10 Å². The van der Waals surface area contributed by atoms with Crippen LogP contribution in [0, 0.1) is 6.92 Å². The first-order valence-corrected chi connectivity index (χ1v) is 22.7. The summed E-state index contributed by atoms with van der Waals surface area (Å²) >= 11 is 0. The summed E-state index contributed by atoms with van der Waals surface area (Å²) < 4.78 is 4.68. The summed E-state index contributed by atoms with van der Waals surface area (Å²) in [6, 6.07) is 59.5. The second kappa shape index (κ2) is 13.5. The van der Waals surface area contributed by atoms with Crippen molar-refractivity contribution >= 4 is 72.4 Å². The van der Waals surface area contributed by atoms with Gasteiger partial charge in [-0.25, -0.2) is 4.98 Å². The highest BCUT2D eigenvalue weighted by atomic mass is 28.3. The Morgan fingerprint density at radius 1 is 0.441 bits per heavy atom. The van der Waals surface area contributed by atoms with Gasteiger partial charge in [0.1, 0.15) is 5.82 Å². The molecular weight excluding hydrogens is 735 g/mol. The number of rotatable bonds is 6. The minimum atomic E-state index is -3.11. The number of para-hydroxylation sites is 2. The third kappa shape index (κ3) is 5.88. The third-order valence-electron chi connectivity index (χ3n) is 12.4. The Hall–Kier alpha value is -6.50. The summed E-state index contributed by atoms with van der Waals surface area (Å²) in [5, 5.41) is 18.2. The zero-order valence-electron chi connectivity index (χ0n) is 34.9. The molecule has 6 heteroatoms. The van der Waals surface area contributed by atoms with Gasteiger partial charge in [-0.3, -0.25) is 14.2 Å². The van der Waals surface area contributed by atoms with Gasteiger partial charge in [-0.15, -0.1) is 0 Å². The summed E-state index contributed by atoms with van der Waals surface area (Å²) in [7, 11) is -3.11. The van der Waals surface area contributed by atoms with Gasteiger partial charge in [0.2, 0.25) is 0 Å². The maximum absolute atomic E-state index is 4.91. The number of aromatic amines is 1. The number of nitrogens with one attached hydrogen (secondary N) is 1. The van der Waals surface area contributed by atoms with Crippen molar-refractivity contribution in [2.75, 3.05) is 0 Å². The van der Waals surface area contributed by atoms with Crippen LogP contribution in [0.4, 0.5) is 0 Å². The summed E-state index contributed by atoms with van der Waals surface area (Å²) in [6.07, 6.45) is 1.89. The number of benzene rings is 6. The lowest BCUT2D eigenvalue weighted by molar-refractivity contribution is 0.590. The number of H-pyrrole nitrogens is 1. The summed E-state index contributed by atoms with van der Waals surface area (Å²) in [5.74, 6) is 1.80. The van der Waals surface area contributed by atoms with Gasteiger partial charge in [-0.05, 0) is 86.0 Å². The van der Waals surface area contributed by atoms with Crippen molar-refractivity contribution in [1.82, 2.24) is 24.3 Å². The molecule has 4 heterocycles. The first-order chi connectivity index (χ1) is 28.4. The maximum atomic E-state index is 4.91. The molecule has 0 atom stereocenters. The Bertz CT molecular complexity index is 3110. The molecule has 5 nitrogen and oxygen atoms in total. The predicted molar refractivity (Wildman–Crippen MR) is 251 cm³/mol. The van der Waals surface area contributed by atoms with Gasteiger partial charge in [0, 0.05) is 39.5 Å². The van der Waals surface area contributed by atoms with E-state index in [0.29, 0.717) is 0 Å². The average Bonchev–Trinajstić information content (AvgIpc) is 3.92. The molecule has 0 unspecified atom stereocenters. The normalized spacial score (nSPS) is 12.7. The van der Waals surface area contributed by atoms with E-state index in [0.717, 1.165) is 39.4 Å². The van der Waals surface area contributed by atoms with Crippen LogP contribution in [0.5, 0.6) is 0 Å². The highest BCUT2D eigenvalue weighted by Crippen LogP contribution is 2.34. The lowest BCUT2D eigenvalue weighted by Crippen LogP contribution is -2.74. The fourth-order valence-corrected chi connectivity index (χ4v) is 14.1. The number of hydrogen-bond donors (Lipinski definition) is 1. The molecule has 0 spiro atoms. The fourth-order valence-electron chi connectivity index (χ4n) is 9.35. The van der Waals surface area contributed by atoms with Crippen LogP contribution in [-0.2, 0) is 10.8 Å². The molecule has 0 bridgehead atoms. The lowest BCUT2D eigenvalue weighted by Gasteiger charge is -2.35. The van der Waals surface area contributed by atoms with E-state index in [4.69, 9.17) is 10.1 Å². The van der Waals surface area contributed by atoms with Gasteiger partial charge in [-0.1, -0.05) is 157 Å². The molecule has 290 valence electrons. The molecule has 6 aromatic carbocycles. The Kier molecular flexibility index (Phi) is 8.45. The molecule has 4 aromatic heterocycles. The van der Waals surface area contributed by atoms with Crippen molar-refractivity contribution in [3.8, 4) is 11.6 Å². The smallest absolute Gasteiger partial charge is 0.179 e. The molecule has 0 fully saturated rings. The largest absolute Gasteiger partial charge is 0.294 e. The van der Waals surface area contributed by atoms with Crippen molar-refractivity contribution in [3.63, 3.8) is 0 Å². The van der Waals surface area contributed by atoms with E-state index in [-0.39, 0.29) is 10.8 Å². The quantitative estimate of drug-likeness (QED) is 0.135. The molecule has 0 saturated carbocycles. The average molecular weight is 784 g/mol. The highest BCUT2D eigenvalue weighted by Gasteiger charge is 2.43. The van der Waals surface area contributed by atoms with E-state index in [1.54, 1.807) is 0 Å². The molecule has 0 amide bonds. The van der Waals surface area contributed by atoms with Gasteiger partial charge in [0.25, 0.3) is 0 Å². The first kappa shape index (κ1) is 36.8. The molecule has 1 N–H and O–H groups in total. The van der Waals surface area contributed by atoms with Gasteiger partial charge in [0.15, 0.2) is 13.9 Å². The van der Waals surface area contributed by atoms with E-state index in [1.165, 1.54) is 53.4 Å². The first-order valence-electron chi connectivity index (χ1n) is 20.7. The maximum Gasteiger partial charge on any atom is 0.179 e. The minimum absolute atomic E-state index is 0.0151. The van der Waals surface area contributed by atoms with Gasteiger partial charge >= 0.3 is 0 Å². The van der Waals surface area contributed by atoms with Crippen molar-refractivity contribution < 1.29 is 0 Å². The van der Waals surface area contributed by atoms with Crippen molar-refractivity contribution in [1.29, 1.82) is 0 Å². The van der Waals surface area contributed by atoms with Crippen LogP contribution in [0.15, 0.2) is 164 Å². The molecule has 10 rings (SSSR count). The van der Waals surface area contributed by atoms with Crippen LogP contribution >= 0.6 is 0 Å². The Morgan fingerprint density at radius 3 is 1.32 bits per heavy atom. The number of hydrogen-bond acceptors (Lipinski definition) is 2. The van der Waals surface area contributed by atoms with Crippen molar-refractivity contribution in [3.05, 3.63) is 181 Å². The van der Waals surface area contributed by atoms with Gasteiger partial charge < -0.3 is 0 Å². The number of aryl methyl sites for hydroxylation is 1. The van der Waals surface area contributed by atoms with Crippen LogP contribution in [0.3, 0.4) is 0 Å². The molecule has 0 aliphatic rings. The minimum Gasteiger partial charge on any atom is -0.294 e. The molecule has 0 saturated heterocycles. The zero-order valence-corrected chi connectivity index (χ0v) is 35.9. The zero-order chi connectivity index (χ0) is 40.7. The Labute approximate surface area is 347 Å². The topological polar surface area (TPSA) is 51.4 Å². The van der Waals surface area contributed by atoms with Crippen LogP contribution in [0.1, 0.15) is 58.4 Å². The van der Waals surface area contributed by atoms with Gasteiger partial charge in [0.05, 0.1) is 22.1 Å². The van der Waals surface area contributed by atoms with E-state index >= 15 is 0 Å². The molecule has 59 heavy (non-hydrogen) atoms. The second-order valence-corrected chi connectivity index (χ2v) is 22.0. The molecule has 10 aromatic rings. The van der Waals surface area contributed by atoms with E-state index in [1.807, 2.05) is 12.3 Å². The summed E-state index contributed by atoms with van der Waals surface area (Å²) in [5.41, 5.74) is 8.29. The van der Waals surface area contributed by atoms with E-state index in [2.05, 4.69) is 214 Å². The second-order valence-electron chi connectivity index (χ2n) is 18.2. The summed E-state index contributed by atoms with van der Waals surface area (Å²) in [6.45, 7) is 15.9. The third-order valence-corrected chi connectivity index (χ3v) is 17.1. The molecular formula is C53H49N5Si. The van der Waals surface area contributed by atoms with E-state index in [9.17, 15) is 0 Å². The van der Waals surface area contributed by atoms with Crippen LogP contribution in [0.25, 0.3) is 55.2 Å². The predicted octanol–water partition coefficient (Wildman–Crippen LogP) is 10.3. The standard InChI is InChI=1S/C53H49N5Si/c1-35-32-51(56-55-35)58-47-17-11-9-15-43(47)45-30-28-41(34-49(45)58)59(38-23-19-36(20-24-38)52(2,3)4,39-25-21-37(22-26-39)53(5,6)7)40-27-29-44-42-14-8-10-16-46(42)57(48(44)33-40)50-18-12-13-31-54-50/h8-34H,1-7H3,(H,55,56). The van der Waals surface area contributed by atoms with Crippen LogP contribution in [-0.4, -0.2) is 32.4 Å². The molecule has 0 radical (unpaired) electrons. The number of nitrogens with zero attached hydrogens (tertiary/aromatic N) is 4.